The molecule has 108 valence electrons. The summed E-state index contributed by atoms with van der Waals surface area (Å²) >= 11 is 0. The molecule has 19 heavy (non-hydrogen) atoms. The predicted octanol–water partition coefficient (Wildman–Crippen LogP) is 3.98. The minimum Gasteiger partial charge on any atom is -0.503 e. The topological polar surface area (TPSA) is 32.3 Å². The normalized spacial score (nSPS) is 12.6. The molecule has 1 atom stereocenters. The van der Waals surface area contributed by atoms with E-state index in [1.165, 1.54) is 31.4 Å². The summed E-state index contributed by atoms with van der Waals surface area (Å²) in [6.45, 7) is 5.58. The van der Waals surface area contributed by atoms with E-state index in [4.69, 9.17) is 5.11 Å². The smallest absolute Gasteiger partial charge is 0.187 e. The fraction of sp³-hybridized carbons (Fsp3) is 0.600. The summed E-state index contributed by atoms with van der Waals surface area (Å²) in [5, 5.41) is 12.2. The lowest BCUT2D eigenvalue weighted by atomic mass is 9.99. The van der Waals surface area contributed by atoms with Crippen LogP contribution in [0, 0.1) is 17.6 Å². The number of hydrogen-bond acceptors (Lipinski definition) is 2. The molecule has 0 radical (unpaired) electrons. The first-order chi connectivity index (χ1) is 9.08. The molecule has 1 unspecified atom stereocenters. The van der Waals surface area contributed by atoms with E-state index in [9.17, 15) is 8.78 Å². The standard InChI is InChI=1S/C15H23F2NO/c1-3-5-6-11(4-2)9-18-10-12-7-13(16)15(19)14(17)8-12/h7-8,11,18-19H,3-6,9-10H2,1-2H3. The lowest BCUT2D eigenvalue weighted by molar-refractivity contribution is 0.393. The first-order valence-electron chi connectivity index (χ1n) is 6.96. The zero-order valence-corrected chi connectivity index (χ0v) is 11.7. The highest BCUT2D eigenvalue weighted by atomic mass is 19.1. The minimum atomic E-state index is -0.908. The highest BCUT2D eigenvalue weighted by Gasteiger charge is 2.10. The number of halogens is 2. The first kappa shape index (κ1) is 15.9. The van der Waals surface area contributed by atoms with Crippen LogP contribution in [0.25, 0.3) is 0 Å². The van der Waals surface area contributed by atoms with Gasteiger partial charge >= 0.3 is 0 Å². The number of unbranched alkanes of at least 4 members (excludes halogenated alkanes) is 1. The third-order valence-corrected chi connectivity index (χ3v) is 3.38. The van der Waals surface area contributed by atoms with Crippen LogP contribution in [-0.2, 0) is 6.54 Å². The van der Waals surface area contributed by atoms with Crippen molar-refractivity contribution in [3.8, 4) is 5.75 Å². The van der Waals surface area contributed by atoms with Crippen LogP contribution in [0.2, 0.25) is 0 Å². The molecule has 1 aromatic rings. The van der Waals surface area contributed by atoms with Gasteiger partial charge in [0.2, 0.25) is 0 Å². The summed E-state index contributed by atoms with van der Waals surface area (Å²) in [5.74, 6) is -2.12. The van der Waals surface area contributed by atoms with Crippen LogP contribution in [0.1, 0.15) is 45.1 Å². The molecule has 0 saturated heterocycles. The Morgan fingerprint density at radius 3 is 2.37 bits per heavy atom. The van der Waals surface area contributed by atoms with Crippen LogP contribution in [0.3, 0.4) is 0 Å². The van der Waals surface area contributed by atoms with Gasteiger partial charge in [0.25, 0.3) is 0 Å². The lowest BCUT2D eigenvalue weighted by Crippen LogP contribution is -2.22. The van der Waals surface area contributed by atoms with Gasteiger partial charge in [0.05, 0.1) is 0 Å². The van der Waals surface area contributed by atoms with Crippen LogP contribution in [0.15, 0.2) is 12.1 Å². The molecule has 2 nitrogen and oxygen atoms in total. The van der Waals surface area contributed by atoms with E-state index in [0.29, 0.717) is 18.0 Å². The molecule has 0 aliphatic rings. The summed E-state index contributed by atoms with van der Waals surface area (Å²) in [4.78, 5) is 0. The van der Waals surface area contributed by atoms with Gasteiger partial charge in [-0.2, -0.15) is 0 Å². The first-order valence-corrected chi connectivity index (χ1v) is 6.96. The van der Waals surface area contributed by atoms with E-state index in [-0.39, 0.29) is 0 Å². The van der Waals surface area contributed by atoms with Gasteiger partial charge in [-0.3, -0.25) is 0 Å². The summed E-state index contributed by atoms with van der Waals surface area (Å²) in [5.41, 5.74) is 0.512. The van der Waals surface area contributed by atoms with Gasteiger partial charge in [-0.05, 0) is 36.6 Å². The van der Waals surface area contributed by atoms with Gasteiger partial charge < -0.3 is 10.4 Å². The van der Waals surface area contributed by atoms with Crippen molar-refractivity contribution < 1.29 is 13.9 Å². The van der Waals surface area contributed by atoms with E-state index < -0.39 is 17.4 Å². The molecular weight excluding hydrogens is 248 g/mol. The number of rotatable bonds is 8. The molecule has 0 fully saturated rings. The fourth-order valence-electron chi connectivity index (χ4n) is 2.08. The van der Waals surface area contributed by atoms with Crippen molar-refractivity contribution >= 4 is 0 Å². The second-order valence-electron chi connectivity index (χ2n) is 4.96. The Balaban J connectivity index is 2.44. The highest BCUT2D eigenvalue weighted by molar-refractivity contribution is 5.29. The largest absolute Gasteiger partial charge is 0.503 e. The SMILES string of the molecule is CCCCC(CC)CNCc1cc(F)c(O)c(F)c1. The fourth-order valence-corrected chi connectivity index (χ4v) is 2.08. The van der Waals surface area contributed by atoms with E-state index in [2.05, 4.69) is 19.2 Å². The Morgan fingerprint density at radius 2 is 1.84 bits per heavy atom. The molecule has 1 aromatic carbocycles. The van der Waals surface area contributed by atoms with E-state index in [1.54, 1.807) is 0 Å². The number of hydrogen-bond donors (Lipinski definition) is 2. The highest BCUT2D eigenvalue weighted by Crippen LogP contribution is 2.21. The Morgan fingerprint density at radius 1 is 1.21 bits per heavy atom. The van der Waals surface area contributed by atoms with E-state index >= 15 is 0 Å². The van der Waals surface area contributed by atoms with Gasteiger partial charge in [0, 0.05) is 6.54 Å². The van der Waals surface area contributed by atoms with Crippen molar-refractivity contribution in [2.45, 2.75) is 46.1 Å². The van der Waals surface area contributed by atoms with Crippen LogP contribution < -0.4 is 5.32 Å². The lowest BCUT2D eigenvalue weighted by Gasteiger charge is -2.15. The Labute approximate surface area is 113 Å². The van der Waals surface area contributed by atoms with Crippen molar-refractivity contribution in [1.82, 2.24) is 5.32 Å². The molecule has 0 spiro atoms. The molecule has 0 heterocycles. The molecular formula is C15H23F2NO. The van der Waals surface area contributed by atoms with Gasteiger partial charge in [0.1, 0.15) is 0 Å². The molecule has 0 aromatic heterocycles. The maximum absolute atomic E-state index is 13.1. The van der Waals surface area contributed by atoms with Gasteiger partial charge in [0.15, 0.2) is 17.4 Å². The Hall–Kier alpha value is -1.16. The summed E-state index contributed by atoms with van der Waals surface area (Å²) in [6, 6.07) is 2.33. The molecule has 0 aliphatic heterocycles. The molecule has 0 aliphatic carbocycles. The molecule has 4 heteroatoms. The van der Waals surface area contributed by atoms with Crippen molar-refractivity contribution in [1.29, 1.82) is 0 Å². The number of aromatic hydroxyl groups is 1. The molecule has 2 N–H and O–H groups in total. The summed E-state index contributed by atoms with van der Waals surface area (Å²) in [7, 11) is 0. The number of benzene rings is 1. The van der Waals surface area contributed by atoms with Crippen LogP contribution in [0.5, 0.6) is 5.75 Å². The molecule has 1 rings (SSSR count). The van der Waals surface area contributed by atoms with Gasteiger partial charge in [-0.25, -0.2) is 8.78 Å². The zero-order valence-electron chi connectivity index (χ0n) is 11.7. The maximum Gasteiger partial charge on any atom is 0.187 e. The molecule has 0 saturated carbocycles. The van der Waals surface area contributed by atoms with E-state index in [1.807, 2.05) is 0 Å². The maximum atomic E-state index is 13.1. The number of phenolic OH excluding ortho intramolecular Hbond substituents is 1. The van der Waals surface area contributed by atoms with Crippen LogP contribution in [0.4, 0.5) is 8.78 Å². The molecule has 0 bridgehead atoms. The van der Waals surface area contributed by atoms with Crippen molar-refractivity contribution in [3.63, 3.8) is 0 Å². The quantitative estimate of drug-likeness (QED) is 0.749. The number of nitrogens with one attached hydrogen (secondary N) is 1. The monoisotopic (exact) mass is 271 g/mol. The number of phenols is 1. The van der Waals surface area contributed by atoms with E-state index in [0.717, 1.165) is 13.0 Å². The third-order valence-electron chi connectivity index (χ3n) is 3.38. The van der Waals surface area contributed by atoms with Crippen molar-refractivity contribution in [2.24, 2.45) is 5.92 Å². The average molecular weight is 271 g/mol. The summed E-state index contributed by atoms with van der Waals surface area (Å²) in [6.07, 6.45) is 4.68. The van der Waals surface area contributed by atoms with Gasteiger partial charge in [-0.1, -0.05) is 33.1 Å². The van der Waals surface area contributed by atoms with Crippen molar-refractivity contribution in [3.05, 3.63) is 29.3 Å². The minimum absolute atomic E-state index is 0.413. The van der Waals surface area contributed by atoms with Gasteiger partial charge in [-0.15, -0.1) is 0 Å². The zero-order chi connectivity index (χ0) is 14.3. The van der Waals surface area contributed by atoms with Crippen molar-refractivity contribution in [2.75, 3.05) is 6.54 Å². The molecule has 0 amide bonds. The van der Waals surface area contributed by atoms with Crippen LogP contribution in [-0.4, -0.2) is 11.7 Å². The predicted molar refractivity (Wildman–Crippen MR) is 73.0 cm³/mol. The second kappa shape index (κ2) is 8.10. The summed E-state index contributed by atoms with van der Waals surface area (Å²) < 4.78 is 26.3. The Bertz CT molecular complexity index is 373. The second-order valence-corrected chi connectivity index (χ2v) is 4.96. The Kier molecular flexibility index (Phi) is 6.78. The van der Waals surface area contributed by atoms with Crippen LogP contribution >= 0.6 is 0 Å². The third kappa shape index (κ3) is 5.15. The average Bonchev–Trinajstić information content (AvgIpc) is 2.39.